The number of nitrogens with zero attached hydrogens (tertiary/aromatic N) is 5. The second-order valence-corrected chi connectivity index (χ2v) is 14.5. The topological polar surface area (TPSA) is 86.8 Å². The summed E-state index contributed by atoms with van der Waals surface area (Å²) in [6.07, 6.45) is 7.41. The predicted molar refractivity (Wildman–Crippen MR) is 185 cm³/mol. The second kappa shape index (κ2) is 11.0. The van der Waals surface area contributed by atoms with E-state index in [0.717, 1.165) is 113 Å². The molecule has 5 aliphatic rings. The fourth-order valence-electron chi connectivity index (χ4n) is 9.57. The highest BCUT2D eigenvalue weighted by Crippen LogP contribution is 2.51. The monoisotopic (exact) mass is 638 g/mol. The molecule has 6 heterocycles. The van der Waals surface area contributed by atoms with Crippen LogP contribution in [-0.4, -0.2) is 44.5 Å². The van der Waals surface area contributed by atoms with E-state index in [2.05, 4.69) is 39.1 Å². The molecule has 1 N–H and O–H groups in total. The summed E-state index contributed by atoms with van der Waals surface area (Å²) in [6, 6.07) is 17.5. The maximum atomic E-state index is 17.6. The minimum atomic E-state index is -0.343. The SMILES string of the molecule is CC(=O)N1CCC[C@@H]1c1cc2c(-c3ccnc(C)c3)nc3c(F)c(-c4cccc5c4C(C#N)CCC5)c(C)cc3c2n1[C@H]1[C@H]2CN[C@@H]1C2. The quantitative estimate of drug-likeness (QED) is 0.217. The Morgan fingerprint density at radius 2 is 1.98 bits per heavy atom. The molecule has 2 aliphatic carbocycles. The van der Waals surface area contributed by atoms with Crippen LogP contribution in [0.3, 0.4) is 0 Å². The summed E-state index contributed by atoms with van der Waals surface area (Å²) in [6.45, 7) is 7.33. The maximum absolute atomic E-state index is 17.6. The Morgan fingerprint density at radius 1 is 1.10 bits per heavy atom. The highest BCUT2D eigenvalue weighted by Gasteiger charge is 2.50. The number of pyridine rings is 2. The van der Waals surface area contributed by atoms with Crippen LogP contribution in [0.15, 0.2) is 48.7 Å². The van der Waals surface area contributed by atoms with Crippen molar-refractivity contribution in [3.05, 3.63) is 82.6 Å². The highest BCUT2D eigenvalue weighted by atomic mass is 19.1. The number of fused-ring (bicyclic) bond motifs is 5. The molecular weight excluding hydrogens is 599 g/mol. The summed E-state index contributed by atoms with van der Waals surface area (Å²) in [5.41, 5.74) is 9.23. The predicted octanol–water partition coefficient (Wildman–Crippen LogP) is 7.83. The maximum Gasteiger partial charge on any atom is 0.220 e. The molecule has 2 aromatic carbocycles. The van der Waals surface area contributed by atoms with Crippen LogP contribution < -0.4 is 5.32 Å². The lowest BCUT2D eigenvalue weighted by Crippen LogP contribution is -2.40. The molecule has 0 radical (unpaired) electrons. The van der Waals surface area contributed by atoms with E-state index in [9.17, 15) is 10.1 Å². The number of amides is 1. The Balaban J connectivity index is 1.39. The number of likely N-dealkylation sites (tertiary alicyclic amines) is 1. The van der Waals surface area contributed by atoms with E-state index in [1.165, 1.54) is 0 Å². The molecular formula is C40H39FN6O. The van der Waals surface area contributed by atoms with Crippen LogP contribution in [0.25, 0.3) is 44.2 Å². The van der Waals surface area contributed by atoms with Crippen molar-refractivity contribution >= 4 is 27.7 Å². The molecule has 242 valence electrons. The molecule has 3 aliphatic heterocycles. The molecule has 8 heteroatoms. The van der Waals surface area contributed by atoms with E-state index >= 15 is 4.39 Å². The Hall–Kier alpha value is -4.61. The van der Waals surface area contributed by atoms with Gasteiger partial charge in [-0.25, -0.2) is 9.37 Å². The summed E-state index contributed by atoms with van der Waals surface area (Å²) < 4.78 is 20.0. The Labute approximate surface area is 279 Å². The third-order valence-corrected chi connectivity index (χ3v) is 11.7. The van der Waals surface area contributed by atoms with Crippen molar-refractivity contribution in [1.82, 2.24) is 24.8 Å². The van der Waals surface area contributed by atoms with Crippen molar-refractivity contribution in [2.45, 2.75) is 83.3 Å². The van der Waals surface area contributed by atoms with Crippen LogP contribution >= 0.6 is 0 Å². The highest BCUT2D eigenvalue weighted by molar-refractivity contribution is 6.11. The summed E-state index contributed by atoms with van der Waals surface area (Å²) in [5.74, 6) is -0.0344. The number of carbonyl (C=O) groups excluding carboxylic acids is 1. The molecule has 4 fully saturated rings. The molecule has 3 saturated heterocycles. The van der Waals surface area contributed by atoms with Gasteiger partial charge in [0.25, 0.3) is 0 Å². The van der Waals surface area contributed by atoms with Crippen molar-refractivity contribution in [2.24, 2.45) is 5.92 Å². The van der Waals surface area contributed by atoms with Crippen molar-refractivity contribution in [2.75, 3.05) is 13.1 Å². The molecule has 10 rings (SSSR count). The molecule has 0 spiro atoms. The van der Waals surface area contributed by atoms with Crippen molar-refractivity contribution < 1.29 is 9.18 Å². The standard InChI is InChI=1S/C40H39FN6O/c1-21-15-29-38(36(41)34(21)28-10-5-8-24-7-4-9-26(19-42)35(24)28)45-37(25-12-13-43-22(2)16-25)30-18-33(32-11-6-14-46(32)23(3)48)47(40(29)30)39-27-17-31(39)44-20-27/h5,8,10,12-13,15-16,18,26-27,31-32,39,44H,4,6-7,9,11,14,17,20H2,1-3H3/t26?,27-,31-,32-,39+/m1/s1. The summed E-state index contributed by atoms with van der Waals surface area (Å²) in [5, 5.41) is 15.6. The molecule has 5 atom stereocenters. The number of carbonyl (C=O) groups is 1. The van der Waals surface area contributed by atoms with E-state index < -0.39 is 0 Å². The van der Waals surface area contributed by atoms with E-state index in [1.54, 1.807) is 13.1 Å². The van der Waals surface area contributed by atoms with Crippen LogP contribution in [0, 0.1) is 36.9 Å². The Kier molecular flexibility index (Phi) is 6.74. The molecule has 2 bridgehead atoms. The minimum absolute atomic E-state index is 0.0408. The molecule has 3 aromatic heterocycles. The van der Waals surface area contributed by atoms with E-state index in [1.807, 2.05) is 43.0 Å². The zero-order valence-corrected chi connectivity index (χ0v) is 27.7. The fraction of sp³-hybridized carbons (Fsp3) is 0.400. The number of halogens is 1. The third-order valence-electron chi connectivity index (χ3n) is 11.7. The van der Waals surface area contributed by atoms with Crippen molar-refractivity contribution in [3.63, 3.8) is 0 Å². The van der Waals surface area contributed by atoms with Gasteiger partial charge in [0.05, 0.1) is 35.3 Å². The molecule has 1 unspecified atom stereocenters. The second-order valence-electron chi connectivity index (χ2n) is 14.5. The number of hydrogen-bond donors (Lipinski definition) is 1. The summed E-state index contributed by atoms with van der Waals surface area (Å²) in [7, 11) is 0. The number of rotatable bonds is 4. The Morgan fingerprint density at radius 3 is 2.73 bits per heavy atom. The van der Waals surface area contributed by atoms with Gasteiger partial charge in [-0.3, -0.25) is 9.78 Å². The van der Waals surface area contributed by atoms with Gasteiger partial charge >= 0.3 is 0 Å². The van der Waals surface area contributed by atoms with Crippen LogP contribution in [0.1, 0.15) is 85.1 Å². The first-order valence-electron chi connectivity index (χ1n) is 17.5. The Bertz CT molecular complexity index is 2200. The average molecular weight is 639 g/mol. The van der Waals surface area contributed by atoms with Crippen LogP contribution in [0.5, 0.6) is 0 Å². The zero-order chi connectivity index (χ0) is 32.8. The van der Waals surface area contributed by atoms with Crippen LogP contribution in [-0.2, 0) is 11.2 Å². The van der Waals surface area contributed by atoms with Gasteiger partial charge in [0.1, 0.15) is 5.52 Å². The van der Waals surface area contributed by atoms with E-state index in [4.69, 9.17) is 4.98 Å². The number of nitrogens with one attached hydrogen (secondary N) is 1. The summed E-state index contributed by atoms with van der Waals surface area (Å²) >= 11 is 0. The fourth-order valence-corrected chi connectivity index (χ4v) is 9.57. The third kappa shape index (κ3) is 4.23. The lowest BCUT2D eigenvalue weighted by atomic mass is 9.78. The number of nitriles is 1. The number of aromatic nitrogens is 3. The normalized spacial score (nSPS) is 24.6. The molecule has 1 saturated carbocycles. The average Bonchev–Trinajstić information content (AvgIpc) is 3.89. The number of aryl methyl sites for hydroxylation is 3. The molecule has 48 heavy (non-hydrogen) atoms. The minimum Gasteiger partial charge on any atom is -0.337 e. The van der Waals surface area contributed by atoms with E-state index in [0.29, 0.717) is 23.0 Å². The van der Waals surface area contributed by atoms with E-state index in [-0.39, 0.29) is 29.7 Å². The first-order valence-corrected chi connectivity index (χ1v) is 17.5. The molecule has 1 amide bonds. The van der Waals surface area contributed by atoms with Gasteiger partial charge in [0.2, 0.25) is 5.91 Å². The van der Waals surface area contributed by atoms with Gasteiger partial charge in [-0.2, -0.15) is 5.26 Å². The van der Waals surface area contributed by atoms with Gasteiger partial charge < -0.3 is 14.8 Å². The largest absolute Gasteiger partial charge is 0.337 e. The lowest BCUT2D eigenvalue weighted by molar-refractivity contribution is -0.129. The zero-order valence-electron chi connectivity index (χ0n) is 27.7. The first kappa shape index (κ1) is 29.5. The van der Waals surface area contributed by atoms with Gasteiger partial charge in [-0.05, 0) is 105 Å². The van der Waals surface area contributed by atoms with Gasteiger partial charge in [0, 0.05) is 65.5 Å². The van der Waals surface area contributed by atoms with Gasteiger partial charge in [-0.1, -0.05) is 18.2 Å². The van der Waals surface area contributed by atoms with Gasteiger partial charge in [0.15, 0.2) is 5.82 Å². The van der Waals surface area contributed by atoms with Crippen molar-refractivity contribution in [3.8, 4) is 28.5 Å². The smallest absolute Gasteiger partial charge is 0.220 e. The van der Waals surface area contributed by atoms with Crippen LogP contribution in [0.4, 0.5) is 4.39 Å². The first-order chi connectivity index (χ1) is 23.3. The summed E-state index contributed by atoms with van der Waals surface area (Å²) in [4.78, 5) is 24.6. The molecule has 7 nitrogen and oxygen atoms in total. The number of hydrogen-bond acceptors (Lipinski definition) is 5. The van der Waals surface area contributed by atoms with Crippen molar-refractivity contribution in [1.29, 1.82) is 5.26 Å². The lowest BCUT2D eigenvalue weighted by Gasteiger charge is -2.39. The molecule has 5 aromatic rings. The van der Waals surface area contributed by atoms with Gasteiger partial charge in [-0.15, -0.1) is 0 Å². The van der Waals surface area contributed by atoms with Crippen LogP contribution in [0.2, 0.25) is 0 Å². The number of benzene rings is 2.